The summed E-state index contributed by atoms with van der Waals surface area (Å²) in [6.45, 7) is 3.45. The van der Waals surface area contributed by atoms with Gasteiger partial charge in [0.2, 0.25) is 0 Å². The zero-order valence-corrected chi connectivity index (χ0v) is 12.2. The number of carboxylic acid groups (broad SMARTS) is 1. The molecule has 2 N–H and O–H groups in total. The van der Waals surface area contributed by atoms with Crippen LogP contribution < -0.4 is 5.32 Å². The minimum absolute atomic E-state index is 0.207. The molecule has 0 unspecified atom stereocenters. The summed E-state index contributed by atoms with van der Waals surface area (Å²) < 4.78 is 0. The number of aliphatic carboxylic acids is 1. The fourth-order valence-electron chi connectivity index (χ4n) is 1.80. The summed E-state index contributed by atoms with van der Waals surface area (Å²) in [6.07, 6.45) is 0.850. The third kappa shape index (κ3) is 4.43. The van der Waals surface area contributed by atoms with Crippen LogP contribution in [0.2, 0.25) is 0 Å². The molecule has 0 atom stereocenters. The average molecular weight is 290 g/mol. The van der Waals surface area contributed by atoms with Crippen LogP contribution in [0.3, 0.4) is 0 Å². The Morgan fingerprint density at radius 3 is 2.80 bits per heavy atom. The number of hydrogen-bond donors (Lipinski definition) is 2. The summed E-state index contributed by atoms with van der Waals surface area (Å²) in [6, 6.07) is 8.33. The Labute approximate surface area is 122 Å². The van der Waals surface area contributed by atoms with Gasteiger partial charge < -0.3 is 10.4 Å². The van der Waals surface area contributed by atoms with E-state index in [1.165, 1.54) is 5.56 Å². The number of nitrogens with one attached hydrogen (secondary N) is 1. The quantitative estimate of drug-likeness (QED) is 0.769. The first-order chi connectivity index (χ1) is 9.65. The van der Waals surface area contributed by atoms with Crippen LogP contribution in [0.15, 0.2) is 29.6 Å². The first-order valence-corrected chi connectivity index (χ1v) is 7.47. The molecule has 0 aliphatic rings. The van der Waals surface area contributed by atoms with Gasteiger partial charge in [-0.05, 0) is 19.9 Å². The lowest BCUT2D eigenvalue weighted by Crippen LogP contribution is -2.15. The summed E-state index contributed by atoms with van der Waals surface area (Å²) in [5.74, 6) is -0.748. The third-order valence-corrected chi connectivity index (χ3v) is 3.84. The van der Waals surface area contributed by atoms with Crippen molar-refractivity contribution in [3.63, 3.8) is 0 Å². The van der Waals surface area contributed by atoms with Crippen LogP contribution in [-0.2, 0) is 11.3 Å². The number of thiazole rings is 1. The van der Waals surface area contributed by atoms with Crippen LogP contribution in [0.25, 0.3) is 10.6 Å². The average Bonchev–Trinajstić information content (AvgIpc) is 2.87. The lowest BCUT2D eigenvalue weighted by molar-refractivity contribution is -0.137. The van der Waals surface area contributed by atoms with Crippen LogP contribution in [0, 0.1) is 6.92 Å². The molecule has 0 radical (unpaired) electrons. The van der Waals surface area contributed by atoms with E-state index in [-0.39, 0.29) is 6.42 Å². The molecule has 0 amide bonds. The second kappa shape index (κ2) is 7.17. The smallest absolute Gasteiger partial charge is 0.303 e. The first-order valence-electron chi connectivity index (χ1n) is 6.59. The van der Waals surface area contributed by atoms with E-state index in [9.17, 15) is 4.79 Å². The van der Waals surface area contributed by atoms with E-state index in [0.29, 0.717) is 19.5 Å². The van der Waals surface area contributed by atoms with Gasteiger partial charge in [-0.25, -0.2) is 4.98 Å². The van der Waals surface area contributed by atoms with Crippen LogP contribution >= 0.6 is 11.3 Å². The molecule has 0 saturated heterocycles. The second-order valence-electron chi connectivity index (χ2n) is 4.68. The standard InChI is InChI=1S/C15H18N2O2S/c1-11-4-6-12(7-5-11)15-17-13(10-20-15)9-16-8-2-3-14(18)19/h4-7,10,16H,2-3,8-9H2,1H3,(H,18,19). The van der Waals surface area contributed by atoms with E-state index in [1.54, 1.807) is 11.3 Å². The zero-order valence-electron chi connectivity index (χ0n) is 11.4. The molecule has 0 bridgehead atoms. The summed E-state index contributed by atoms with van der Waals surface area (Å²) in [7, 11) is 0. The maximum absolute atomic E-state index is 10.4. The molecule has 0 saturated carbocycles. The molecule has 1 aromatic heterocycles. The summed E-state index contributed by atoms with van der Waals surface area (Å²) in [5, 5.41) is 14.8. The highest BCUT2D eigenvalue weighted by Gasteiger charge is 2.04. The largest absolute Gasteiger partial charge is 0.481 e. The predicted molar refractivity (Wildman–Crippen MR) is 80.9 cm³/mol. The molecule has 0 fully saturated rings. The number of nitrogens with zero attached hydrogens (tertiary/aromatic N) is 1. The van der Waals surface area contributed by atoms with Gasteiger partial charge in [-0.2, -0.15) is 0 Å². The summed E-state index contributed by atoms with van der Waals surface area (Å²) >= 11 is 1.63. The molecule has 20 heavy (non-hydrogen) atoms. The lowest BCUT2D eigenvalue weighted by Gasteiger charge is -2.00. The molecule has 1 aromatic carbocycles. The molecule has 0 spiro atoms. The topological polar surface area (TPSA) is 62.2 Å². The summed E-state index contributed by atoms with van der Waals surface area (Å²) in [4.78, 5) is 15.0. The molecule has 4 nitrogen and oxygen atoms in total. The fraction of sp³-hybridized carbons (Fsp3) is 0.333. The van der Waals surface area contributed by atoms with E-state index in [0.717, 1.165) is 16.3 Å². The Morgan fingerprint density at radius 1 is 1.35 bits per heavy atom. The second-order valence-corrected chi connectivity index (χ2v) is 5.54. The molecule has 2 aromatic rings. The highest BCUT2D eigenvalue weighted by Crippen LogP contribution is 2.23. The first kappa shape index (κ1) is 14.7. The Morgan fingerprint density at radius 2 is 2.10 bits per heavy atom. The number of carbonyl (C=O) groups is 1. The number of aryl methyl sites for hydroxylation is 1. The van der Waals surface area contributed by atoms with Gasteiger partial charge in [0.1, 0.15) is 5.01 Å². The van der Waals surface area contributed by atoms with Crippen molar-refractivity contribution in [2.24, 2.45) is 0 Å². The van der Waals surface area contributed by atoms with Gasteiger partial charge in [-0.3, -0.25) is 4.79 Å². The van der Waals surface area contributed by atoms with Crippen molar-refractivity contribution in [3.05, 3.63) is 40.9 Å². The lowest BCUT2D eigenvalue weighted by atomic mass is 10.2. The summed E-state index contributed by atoms with van der Waals surface area (Å²) in [5.41, 5.74) is 3.38. The number of hydrogen-bond acceptors (Lipinski definition) is 4. The minimum Gasteiger partial charge on any atom is -0.481 e. The zero-order chi connectivity index (χ0) is 14.4. The van der Waals surface area contributed by atoms with Gasteiger partial charge in [0.15, 0.2) is 0 Å². The van der Waals surface area contributed by atoms with Crippen molar-refractivity contribution in [2.45, 2.75) is 26.3 Å². The third-order valence-electron chi connectivity index (χ3n) is 2.90. The Hall–Kier alpha value is -1.72. The van der Waals surface area contributed by atoms with Gasteiger partial charge in [0.05, 0.1) is 5.69 Å². The van der Waals surface area contributed by atoms with Crippen LogP contribution in [-0.4, -0.2) is 22.6 Å². The van der Waals surface area contributed by atoms with E-state index < -0.39 is 5.97 Å². The van der Waals surface area contributed by atoms with Crippen molar-refractivity contribution in [3.8, 4) is 10.6 Å². The van der Waals surface area contributed by atoms with Gasteiger partial charge in [0.25, 0.3) is 0 Å². The number of aromatic nitrogens is 1. The maximum Gasteiger partial charge on any atom is 0.303 e. The van der Waals surface area contributed by atoms with Gasteiger partial charge in [-0.15, -0.1) is 11.3 Å². The minimum atomic E-state index is -0.748. The highest BCUT2D eigenvalue weighted by molar-refractivity contribution is 7.13. The molecule has 0 aliphatic heterocycles. The Kier molecular flexibility index (Phi) is 5.26. The van der Waals surface area contributed by atoms with Crippen molar-refractivity contribution in [1.82, 2.24) is 10.3 Å². The highest BCUT2D eigenvalue weighted by atomic mass is 32.1. The van der Waals surface area contributed by atoms with Gasteiger partial charge >= 0.3 is 5.97 Å². The van der Waals surface area contributed by atoms with E-state index >= 15 is 0 Å². The number of carboxylic acids is 1. The maximum atomic E-state index is 10.4. The predicted octanol–water partition coefficient (Wildman–Crippen LogP) is 3.07. The molecule has 106 valence electrons. The number of rotatable bonds is 7. The van der Waals surface area contributed by atoms with E-state index in [4.69, 9.17) is 5.11 Å². The van der Waals surface area contributed by atoms with Crippen molar-refractivity contribution >= 4 is 17.3 Å². The molecule has 0 aliphatic carbocycles. The van der Waals surface area contributed by atoms with Crippen LogP contribution in [0.5, 0.6) is 0 Å². The van der Waals surface area contributed by atoms with Gasteiger partial charge in [0, 0.05) is 23.9 Å². The molecule has 2 rings (SSSR count). The molecule has 5 heteroatoms. The number of benzene rings is 1. The van der Waals surface area contributed by atoms with Crippen molar-refractivity contribution < 1.29 is 9.90 Å². The Bertz CT molecular complexity index is 564. The van der Waals surface area contributed by atoms with Crippen LogP contribution in [0.1, 0.15) is 24.1 Å². The van der Waals surface area contributed by atoms with E-state index in [1.807, 2.05) is 5.38 Å². The molecular weight excluding hydrogens is 272 g/mol. The van der Waals surface area contributed by atoms with Crippen LogP contribution in [0.4, 0.5) is 0 Å². The molecular formula is C15H18N2O2S. The normalized spacial score (nSPS) is 10.7. The SMILES string of the molecule is Cc1ccc(-c2nc(CNCCCC(=O)O)cs2)cc1. The monoisotopic (exact) mass is 290 g/mol. The van der Waals surface area contributed by atoms with E-state index in [2.05, 4.69) is 41.5 Å². The molecule has 1 heterocycles. The van der Waals surface area contributed by atoms with Crippen molar-refractivity contribution in [2.75, 3.05) is 6.54 Å². The fourth-order valence-corrected chi connectivity index (χ4v) is 2.62. The Balaban J connectivity index is 1.83. The van der Waals surface area contributed by atoms with Gasteiger partial charge in [-0.1, -0.05) is 29.8 Å². The van der Waals surface area contributed by atoms with Crippen molar-refractivity contribution in [1.29, 1.82) is 0 Å².